The predicted molar refractivity (Wildman–Crippen MR) is 83.6 cm³/mol. The number of primary amides is 1. The molecule has 1 amide bonds. The maximum absolute atomic E-state index is 11.5. The number of nitrogens with two attached hydrogens (primary N) is 1. The minimum absolute atomic E-state index is 0.432. The minimum Gasteiger partial charge on any atom is -0.365 e. The molecule has 2 aromatic rings. The van der Waals surface area contributed by atoms with Gasteiger partial charge in [0, 0.05) is 50.8 Å². The van der Waals surface area contributed by atoms with Crippen molar-refractivity contribution in [2.24, 2.45) is 5.73 Å². The zero-order valence-corrected chi connectivity index (χ0v) is 12.6. The molecule has 0 aliphatic carbocycles. The Balaban J connectivity index is 1.63. The summed E-state index contributed by atoms with van der Waals surface area (Å²) in [5.74, 6) is 1.19. The number of nitrogens with one attached hydrogen (secondary N) is 1. The molecule has 7 heteroatoms. The van der Waals surface area contributed by atoms with Crippen LogP contribution in [-0.2, 0) is 6.54 Å². The molecule has 1 aliphatic heterocycles. The van der Waals surface area contributed by atoms with E-state index >= 15 is 0 Å². The van der Waals surface area contributed by atoms with Gasteiger partial charge in [-0.3, -0.25) is 9.69 Å². The average molecular weight is 300 g/mol. The molecule has 22 heavy (non-hydrogen) atoms. The van der Waals surface area contributed by atoms with Gasteiger partial charge in [0.25, 0.3) is 5.91 Å². The highest BCUT2D eigenvalue weighted by Gasteiger charge is 2.21. The summed E-state index contributed by atoms with van der Waals surface area (Å²) in [6.07, 6.45) is 3.58. The van der Waals surface area contributed by atoms with Crippen LogP contribution in [0.5, 0.6) is 0 Å². The van der Waals surface area contributed by atoms with Gasteiger partial charge < -0.3 is 15.6 Å². The number of nitrogens with zero attached hydrogens (tertiary/aromatic N) is 4. The standard InChI is InChI=1S/C15H20N6O/c1-11-18-9-12(19-11)10-20-5-7-21(8-6-20)15-13(14(16)22)3-2-4-17-15/h2-4,9H,5-8,10H2,1H3,(H2,16,22)(H,18,19). The second kappa shape index (κ2) is 6.15. The van der Waals surface area contributed by atoms with E-state index in [1.165, 1.54) is 0 Å². The van der Waals surface area contributed by atoms with E-state index in [1.807, 2.05) is 13.1 Å². The highest BCUT2D eigenvalue weighted by atomic mass is 16.1. The fourth-order valence-electron chi connectivity index (χ4n) is 2.75. The first kappa shape index (κ1) is 14.5. The van der Waals surface area contributed by atoms with Crippen LogP contribution < -0.4 is 10.6 Å². The largest absolute Gasteiger partial charge is 0.365 e. The fourth-order valence-corrected chi connectivity index (χ4v) is 2.75. The van der Waals surface area contributed by atoms with Crippen molar-refractivity contribution in [3.05, 3.63) is 41.6 Å². The quantitative estimate of drug-likeness (QED) is 0.859. The summed E-state index contributed by atoms with van der Waals surface area (Å²) in [5, 5.41) is 0. The van der Waals surface area contributed by atoms with Crippen LogP contribution in [0.15, 0.2) is 24.5 Å². The Bertz CT molecular complexity index is 660. The third-order valence-electron chi connectivity index (χ3n) is 3.87. The molecule has 1 saturated heterocycles. The molecular weight excluding hydrogens is 280 g/mol. The number of aryl methyl sites for hydroxylation is 1. The first-order valence-electron chi connectivity index (χ1n) is 7.36. The molecule has 1 fully saturated rings. The maximum atomic E-state index is 11.5. The number of hydrogen-bond acceptors (Lipinski definition) is 5. The van der Waals surface area contributed by atoms with Crippen molar-refractivity contribution < 1.29 is 4.79 Å². The summed E-state index contributed by atoms with van der Waals surface area (Å²) in [5.41, 5.74) is 7.04. The van der Waals surface area contributed by atoms with E-state index in [1.54, 1.807) is 18.3 Å². The number of carbonyl (C=O) groups is 1. The molecule has 0 unspecified atom stereocenters. The third-order valence-corrected chi connectivity index (χ3v) is 3.87. The van der Waals surface area contributed by atoms with E-state index in [0.29, 0.717) is 11.4 Å². The Hall–Kier alpha value is -2.41. The van der Waals surface area contributed by atoms with Crippen molar-refractivity contribution in [3.8, 4) is 0 Å². The van der Waals surface area contributed by atoms with Gasteiger partial charge in [-0.1, -0.05) is 0 Å². The zero-order chi connectivity index (χ0) is 15.5. The van der Waals surface area contributed by atoms with Crippen molar-refractivity contribution >= 4 is 11.7 Å². The normalized spacial score (nSPS) is 16.0. The van der Waals surface area contributed by atoms with Crippen LogP contribution in [0.25, 0.3) is 0 Å². The van der Waals surface area contributed by atoms with Crippen molar-refractivity contribution in [1.82, 2.24) is 19.9 Å². The number of rotatable bonds is 4. The van der Waals surface area contributed by atoms with Crippen molar-refractivity contribution in [2.45, 2.75) is 13.5 Å². The number of pyridine rings is 1. The number of aromatic amines is 1. The van der Waals surface area contributed by atoms with Crippen LogP contribution in [0, 0.1) is 6.92 Å². The highest BCUT2D eigenvalue weighted by Crippen LogP contribution is 2.19. The lowest BCUT2D eigenvalue weighted by Gasteiger charge is -2.35. The minimum atomic E-state index is -0.432. The van der Waals surface area contributed by atoms with Gasteiger partial charge in [0.15, 0.2) is 0 Å². The number of carbonyl (C=O) groups excluding carboxylic acids is 1. The molecule has 116 valence electrons. The predicted octanol–water partition coefficient (Wildman–Crippen LogP) is 0.534. The number of amides is 1. The van der Waals surface area contributed by atoms with Gasteiger partial charge in [-0.25, -0.2) is 9.97 Å². The van der Waals surface area contributed by atoms with Crippen LogP contribution in [0.3, 0.4) is 0 Å². The second-order valence-corrected chi connectivity index (χ2v) is 5.50. The number of anilines is 1. The number of piperazine rings is 1. The molecular formula is C15H20N6O. The van der Waals surface area contributed by atoms with Crippen LogP contribution in [0.1, 0.15) is 21.9 Å². The number of aromatic nitrogens is 3. The monoisotopic (exact) mass is 300 g/mol. The topological polar surface area (TPSA) is 91.1 Å². The maximum Gasteiger partial charge on any atom is 0.252 e. The number of H-pyrrole nitrogens is 1. The Morgan fingerprint density at radius 3 is 2.73 bits per heavy atom. The molecule has 0 saturated carbocycles. The SMILES string of the molecule is Cc1ncc(CN2CCN(c3ncccc3C(N)=O)CC2)[nH]1. The number of hydrogen-bond donors (Lipinski definition) is 2. The van der Waals surface area contributed by atoms with E-state index in [-0.39, 0.29) is 0 Å². The smallest absolute Gasteiger partial charge is 0.252 e. The Morgan fingerprint density at radius 1 is 1.32 bits per heavy atom. The molecule has 1 aliphatic rings. The lowest BCUT2D eigenvalue weighted by molar-refractivity contribution is 0.1000. The van der Waals surface area contributed by atoms with Crippen molar-refractivity contribution in [1.29, 1.82) is 0 Å². The first-order chi connectivity index (χ1) is 10.6. The van der Waals surface area contributed by atoms with Gasteiger partial charge in [-0.05, 0) is 19.1 Å². The van der Waals surface area contributed by atoms with Gasteiger partial charge in [0.2, 0.25) is 0 Å². The van der Waals surface area contributed by atoms with Crippen LogP contribution >= 0.6 is 0 Å². The molecule has 7 nitrogen and oxygen atoms in total. The molecule has 2 aromatic heterocycles. The van der Waals surface area contributed by atoms with Crippen LogP contribution in [0.4, 0.5) is 5.82 Å². The zero-order valence-electron chi connectivity index (χ0n) is 12.6. The summed E-state index contributed by atoms with van der Waals surface area (Å²) in [4.78, 5) is 27.8. The molecule has 0 bridgehead atoms. The van der Waals surface area contributed by atoms with Crippen molar-refractivity contribution in [3.63, 3.8) is 0 Å². The summed E-state index contributed by atoms with van der Waals surface area (Å²) in [6.45, 7) is 6.28. The second-order valence-electron chi connectivity index (χ2n) is 5.50. The van der Waals surface area contributed by atoms with E-state index in [4.69, 9.17) is 5.73 Å². The van der Waals surface area contributed by atoms with Gasteiger partial charge in [0.05, 0.1) is 5.56 Å². The summed E-state index contributed by atoms with van der Waals surface area (Å²) in [7, 11) is 0. The molecule has 3 rings (SSSR count). The van der Waals surface area contributed by atoms with Gasteiger partial charge in [-0.15, -0.1) is 0 Å². The Morgan fingerprint density at radius 2 is 2.09 bits per heavy atom. The average Bonchev–Trinajstić information content (AvgIpc) is 2.93. The summed E-state index contributed by atoms with van der Waals surface area (Å²) in [6, 6.07) is 3.46. The van der Waals surface area contributed by atoms with Gasteiger partial charge >= 0.3 is 0 Å². The number of imidazole rings is 1. The van der Waals surface area contributed by atoms with Gasteiger partial charge in [-0.2, -0.15) is 0 Å². The molecule has 0 spiro atoms. The van der Waals surface area contributed by atoms with E-state index in [2.05, 4.69) is 24.8 Å². The Kier molecular flexibility index (Phi) is 4.06. The third kappa shape index (κ3) is 3.09. The highest BCUT2D eigenvalue weighted by molar-refractivity contribution is 5.97. The van der Waals surface area contributed by atoms with Crippen molar-refractivity contribution in [2.75, 3.05) is 31.1 Å². The molecule has 3 heterocycles. The summed E-state index contributed by atoms with van der Waals surface area (Å²) < 4.78 is 0. The van der Waals surface area contributed by atoms with Crippen LogP contribution in [0.2, 0.25) is 0 Å². The fraction of sp³-hybridized carbons (Fsp3) is 0.400. The van der Waals surface area contributed by atoms with Gasteiger partial charge in [0.1, 0.15) is 11.6 Å². The Labute approximate surface area is 129 Å². The molecule has 0 atom stereocenters. The van der Waals surface area contributed by atoms with E-state index in [9.17, 15) is 4.79 Å². The molecule has 0 aromatic carbocycles. The molecule has 3 N–H and O–H groups in total. The molecule has 0 radical (unpaired) electrons. The lowest BCUT2D eigenvalue weighted by Crippen LogP contribution is -2.46. The lowest BCUT2D eigenvalue weighted by atomic mass is 10.2. The first-order valence-corrected chi connectivity index (χ1v) is 7.36. The van der Waals surface area contributed by atoms with E-state index < -0.39 is 5.91 Å². The summed E-state index contributed by atoms with van der Waals surface area (Å²) >= 11 is 0. The van der Waals surface area contributed by atoms with Crippen LogP contribution in [-0.4, -0.2) is 51.9 Å². The van der Waals surface area contributed by atoms with E-state index in [0.717, 1.165) is 44.2 Å².